The van der Waals surface area contributed by atoms with Crippen LogP contribution in [0.1, 0.15) is 0 Å². The fourth-order valence-corrected chi connectivity index (χ4v) is 4.89. The lowest BCUT2D eigenvalue weighted by molar-refractivity contribution is -0.0292. The Labute approximate surface area is 217 Å². The highest BCUT2D eigenvalue weighted by Crippen LogP contribution is 2.37. The number of ether oxygens (including phenoxy) is 3. The molecule has 8 nitrogen and oxygen atoms in total. The van der Waals surface area contributed by atoms with Gasteiger partial charge in [-0.3, -0.25) is 0 Å². The molecule has 2 aromatic heterocycles. The summed E-state index contributed by atoms with van der Waals surface area (Å²) >= 11 is 3.49. The summed E-state index contributed by atoms with van der Waals surface area (Å²) in [5, 5.41) is 5.65. The minimum Gasteiger partial charge on any atom is -0.450 e. The molecule has 4 rings (SSSR count). The van der Waals surface area contributed by atoms with Crippen molar-refractivity contribution in [3.63, 3.8) is 0 Å². The number of halogens is 3. The monoisotopic (exact) mass is 582 g/mol. The van der Waals surface area contributed by atoms with Gasteiger partial charge in [0.1, 0.15) is 18.1 Å². The van der Waals surface area contributed by atoms with Gasteiger partial charge in [0, 0.05) is 61.8 Å². The van der Waals surface area contributed by atoms with E-state index < -0.39 is 31.5 Å². The Hall–Kier alpha value is -2.54. The molecule has 2 amide bonds. The lowest BCUT2D eigenvalue weighted by atomic mass is 10.1. The number of nitrogens with one attached hydrogen (secondary N) is 2. The van der Waals surface area contributed by atoms with E-state index in [1.54, 1.807) is 6.20 Å². The molecule has 1 aliphatic heterocycles. The van der Waals surface area contributed by atoms with E-state index in [0.717, 1.165) is 18.2 Å². The van der Waals surface area contributed by atoms with Crippen LogP contribution in [0.25, 0.3) is 11.0 Å². The number of pyridine rings is 1. The number of benzene rings is 1. The van der Waals surface area contributed by atoms with Crippen molar-refractivity contribution in [1.29, 1.82) is 0 Å². The molecule has 0 bridgehead atoms. The Morgan fingerprint density at radius 1 is 1.28 bits per heavy atom. The molecular formula is C24H29BrF2N4O4Si. The number of aromatic nitrogens is 2. The zero-order valence-electron chi connectivity index (χ0n) is 20.4. The van der Waals surface area contributed by atoms with Gasteiger partial charge in [0.25, 0.3) is 0 Å². The average Bonchev–Trinajstić information content (AvgIpc) is 3.08. The molecule has 0 saturated carbocycles. The van der Waals surface area contributed by atoms with E-state index in [2.05, 4.69) is 51.2 Å². The van der Waals surface area contributed by atoms with Crippen molar-refractivity contribution >= 4 is 46.8 Å². The largest absolute Gasteiger partial charge is 0.450 e. The first-order valence-corrected chi connectivity index (χ1v) is 16.1. The van der Waals surface area contributed by atoms with Gasteiger partial charge in [-0.05, 0) is 28.0 Å². The van der Waals surface area contributed by atoms with Gasteiger partial charge in [0.05, 0.1) is 18.6 Å². The standard InChI is InChI=1S/C24H29BrF2N4O4Si/c1-36(2,3)7-6-33-14-31-11-17(25)21-20(4-5-28-23(21)31)35-22-18(26)8-16(9-19(22)27)30-24(32)29-10-15-12-34-13-15/h4-5,8-9,11,15H,6-7,10,12-14H2,1-3H3,(H2,29,30,32). The molecule has 0 unspecified atom stereocenters. The van der Waals surface area contributed by atoms with Crippen molar-refractivity contribution in [2.75, 3.05) is 31.7 Å². The summed E-state index contributed by atoms with van der Waals surface area (Å²) in [5.74, 6) is -2.00. The van der Waals surface area contributed by atoms with Gasteiger partial charge in [0.2, 0.25) is 0 Å². The Morgan fingerprint density at radius 3 is 2.64 bits per heavy atom. The predicted molar refractivity (Wildman–Crippen MR) is 139 cm³/mol. The molecule has 2 N–H and O–H groups in total. The van der Waals surface area contributed by atoms with Crippen LogP contribution < -0.4 is 15.4 Å². The van der Waals surface area contributed by atoms with Crippen molar-refractivity contribution in [3.8, 4) is 11.5 Å². The number of carbonyl (C=O) groups is 1. The predicted octanol–water partition coefficient (Wildman–Crippen LogP) is 5.95. The van der Waals surface area contributed by atoms with Crippen molar-refractivity contribution in [2.45, 2.75) is 32.4 Å². The number of hydrogen-bond donors (Lipinski definition) is 2. The van der Waals surface area contributed by atoms with Crippen LogP contribution in [0.4, 0.5) is 19.3 Å². The molecule has 0 aliphatic carbocycles. The summed E-state index contributed by atoms with van der Waals surface area (Å²) < 4.78 is 48.7. The number of anilines is 1. The first-order chi connectivity index (χ1) is 17.1. The van der Waals surface area contributed by atoms with Gasteiger partial charge in [-0.2, -0.15) is 0 Å². The summed E-state index contributed by atoms with van der Waals surface area (Å²) in [7, 11) is -1.21. The first kappa shape index (κ1) is 26.5. The summed E-state index contributed by atoms with van der Waals surface area (Å²) in [6.45, 7) is 9.38. The summed E-state index contributed by atoms with van der Waals surface area (Å²) in [4.78, 5) is 16.4. The maximum Gasteiger partial charge on any atom is 0.319 e. The van der Waals surface area contributed by atoms with Crippen LogP contribution in [0.5, 0.6) is 11.5 Å². The smallest absolute Gasteiger partial charge is 0.319 e. The molecule has 0 radical (unpaired) electrons. The SMILES string of the molecule is C[Si](C)(C)CCOCn1cc(Br)c2c(Oc3c(F)cc(NC(=O)NCC4COC4)cc3F)ccnc21. The summed E-state index contributed by atoms with van der Waals surface area (Å²) in [5.41, 5.74) is 0.530. The molecule has 1 fully saturated rings. The van der Waals surface area contributed by atoms with E-state index in [1.807, 2.05) is 4.57 Å². The highest BCUT2D eigenvalue weighted by atomic mass is 79.9. The normalized spacial score (nSPS) is 14.1. The Morgan fingerprint density at radius 2 is 2.00 bits per heavy atom. The number of nitrogens with zero attached hydrogens (tertiary/aromatic N) is 2. The third kappa shape index (κ3) is 6.61. The van der Waals surface area contributed by atoms with Crippen molar-refractivity contribution in [3.05, 3.63) is 46.7 Å². The van der Waals surface area contributed by atoms with Crippen molar-refractivity contribution < 1.29 is 27.8 Å². The molecule has 3 aromatic rings. The minimum atomic E-state index is -1.21. The minimum absolute atomic E-state index is 0.0256. The van der Waals surface area contributed by atoms with Crippen molar-refractivity contribution in [1.82, 2.24) is 14.9 Å². The van der Waals surface area contributed by atoms with Gasteiger partial charge in [0.15, 0.2) is 17.4 Å². The second kappa shape index (κ2) is 11.2. The summed E-state index contributed by atoms with van der Waals surface area (Å²) in [6.07, 6.45) is 3.30. The van der Waals surface area contributed by atoms with Gasteiger partial charge in [-0.1, -0.05) is 19.6 Å². The lowest BCUT2D eigenvalue weighted by Gasteiger charge is -2.25. The zero-order chi connectivity index (χ0) is 25.9. The molecule has 1 saturated heterocycles. The molecule has 0 atom stereocenters. The van der Waals surface area contributed by atoms with E-state index in [9.17, 15) is 13.6 Å². The lowest BCUT2D eigenvalue weighted by Crippen LogP contribution is -2.40. The van der Waals surface area contributed by atoms with E-state index in [0.29, 0.717) is 48.6 Å². The van der Waals surface area contributed by atoms with Crippen LogP contribution in [-0.4, -0.2) is 50.0 Å². The van der Waals surface area contributed by atoms with Crippen molar-refractivity contribution in [2.24, 2.45) is 5.92 Å². The number of carbonyl (C=O) groups excluding carboxylic acids is 1. The van der Waals surface area contributed by atoms with E-state index in [-0.39, 0.29) is 17.4 Å². The molecule has 194 valence electrons. The second-order valence-corrected chi connectivity index (χ2v) is 16.4. The molecule has 0 spiro atoms. The summed E-state index contributed by atoms with van der Waals surface area (Å²) in [6, 6.07) is 4.04. The number of urea groups is 1. The highest BCUT2D eigenvalue weighted by Gasteiger charge is 2.21. The average molecular weight is 584 g/mol. The van der Waals surface area contributed by atoms with Gasteiger partial charge in [-0.15, -0.1) is 0 Å². The Balaban J connectivity index is 1.46. The second-order valence-electron chi connectivity index (χ2n) is 9.91. The van der Waals surface area contributed by atoms with Gasteiger partial charge >= 0.3 is 6.03 Å². The fraction of sp³-hybridized carbons (Fsp3) is 0.417. The quantitative estimate of drug-likeness (QED) is 0.228. The fourth-order valence-electron chi connectivity index (χ4n) is 3.52. The van der Waals surface area contributed by atoms with Gasteiger partial charge < -0.3 is 29.4 Å². The van der Waals surface area contributed by atoms with Crippen LogP contribution in [-0.2, 0) is 16.2 Å². The first-order valence-electron chi connectivity index (χ1n) is 11.6. The molecule has 3 heterocycles. The highest BCUT2D eigenvalue weighted by molar-refractivity contribution is 9.10. The Bertz CT molecular complexity index is 1220. The molecule has 1 aliphatic rings. The van der Waals surface area contributed by atoms with E-state index in [1.165, 1.54) is 12.3 Å². The van der Waals surface area contributed by atoms with E-state index in [4.69, 9.17) is 14.2 Å². The molecular weight excluding hydrogens is 554 g/mol. The van der Waals surface area contributed by atoms with Gasteiger partial charge in [-0.25, -0.2) is 18.6 Å². The number of fused-ring (bicyclic) bond motifs is 1. The Kier molecular flexibility index (Phi) is 8.28. The van der Waals surface area contributed by atoms with Crippen LogP contribution in [0, 0.1) is 17.6 Å². The topological polar surface area (TPSA) is 86.6 Å². The number of amides is 2. The maximum atomic E-state index is 14.8. The molecule has 1 aromatic carbocycles. The van der Waals surface area contributed by atoms with Crippen LogP contribution in [0.15, 0.2) is 35.1 Å². The van der Waals surface area contributed by atoms with Crippen LogP contribution in [0.3, 0.4) is 0 Å². The van der Waals surface area contributed by atoms with Crippen LogP contribution >= 0.6 is 15.9 Å². The molecule has 36 heavy (non-hydrogen) atoms. The number of hydrogen-bond acceptors (Lipinski definition) is 5. The number of rotatable bonds is 10. The third-order valence-corrected chi connectivity index (χ3v) is 7.93. The third-order valence-electron chi connectivity index (χ3n) is 5.63. The van der Waals surface area contributed by atoms with Crippen LogP contribution in [0.2, 0.25) is 25.7 Å². The maximum absolute atomic E-state index is 14.8. The van der Waals surface area contributed by atoms with E-state index >= 15 is 0 Å². The zero-order valence-corrected chi connectivity index (χ0v) is 23.0. The molecule has 12 heteroatoms.